The van der Waals surface area contributed by atoms with Crippen LogP contribution in [0, 0.1) is 11.3 Å². The molecule has 20 heavy (non-hydrogen) atoms. The fourth-order valence-electron chi connectivity index (χ4n) is 3.32. The highest BCUT2D eigenvalue weighted by molar-refractivity contribution is 5.67. The van der Waals surface area contributed by atoms with Crippen molar-refractivity contribution in [3.05, 3.63) is 0 Å². The van der Waals surface area contributed by atoms with Crippen molar-refractivity contribution >= 4 is 5.97 Å². The molecule has 0 aromatic heterocycles. The van der Waals surface area contributed by atoms with Gasteiger partial charge in [0.05, 0.1) is 0 Å². The fourth-order valence-corrected chi connectivity index (χ4v) is 3.32. The van der Waals surface area contributed by atoms with E-state index in [1.165, 1.54) is 51.4 Å². The second kappa shape index (κ2) is 11.2. The Labute approximate surface area is 126 Å². The zero-order chi connectivity index (χ0) is 15.4. The van der Waals surface area contributed by atoms with E-state index in [1.807, 2.05) is 0 Å². The largest absolute Gasteiger partial charge is 0.481 e. The lowest BCUT2D eigenvalue weighted by molar-refractivity contribution is -0.138. The Morgan fingerprint density at radius 1 is 1.00 bits per heavy atom. The molecule has 0 radical (unpaired) electrons. The molecule has 2 nitrogen and oxygen atoms in total. The molecular formula is C18H36O2. The first-order valence-corrected chi connectivity index (χ1v) is 8.75. The highest BCUT2D eigenvalue weighted by Gasteiger charge is 2.29. The molecule has 0 aliphatic rings. The summed E-state index contributed by atoms with van der Waals surface area (Å²) in [5.41, 5.74) is 0.377. The number of carboxylic acids is 1. The van der Waals surface area contributed by atoms with Gasteiger partial charge in [-0.1, -0.05) is 79.1 Å². The van der Waals surface area contributed by atoms with Crippen LogP contribution in [0.25, 0.3) is 0 Å². The number of aliphatic carboxylic acids is 1. The summed E-state index contributed by atoms with van der Waals surface area (Å²) in [5.74, 6) is -0.288. The molecule has 120 valence electrons. The van der Waals surface area contributed by atoms with Gasteiger partial charge in [0.1, 0.15) is 0 Å². The molecule has 0 aliphatic heterocycles. The molecule has 0 aliphatic carbocycles. The Hall–Kier alpha value is -0.530. The summed E-state index contributed by atoms with van der Waals surface area (Å²) in [5, 5.41) is 9.03. The normalized spacial score (nSPS) is 13.4. The maximum Gasteiger partial charge on any atom is 0.303 e. The van der Waals surface area contributed by atoms with E-state index in [1.54, 1.807) is 0 Å². The summed E-state index contributed by atoms with van der Waals surface area (Å²) in [6.07, 6.45) is 12.7. The quantitative estimate of drug-likeness (QED) is 0.418. The van der Waals surface area contributed by atoms with Crippen molar-refractivity contribution in [3.63, 3.8) is 0 Å². The number of unbranched alkanes of at least 4 members (excludes halogenated alkanes) is 4. The lowest BCUT2D eigenvalue weighted by atomic mass is 9.70. The van der Waals surface area contributed by atoms with Crippen molar-refractivity contribution < 1.29 is 9.90 Å². The Morgan fingerprint density at radius 3 is 2.05 bits per heavy atom. The van der Waals surface area contributed by atoms with Crippen LogP contribution in [0.5, 0.6) is 0 Å². The van der Waals surface area contributed by atoms with Crippen LogP contribution in [0.2, 0.25) is 0 Å². The number of rotatable bonds is 13. The summed E-state index contributed by atoms with van der Waals surface area (Å²) in [7, 11) is 0. The topological polar surface area (TPSA) is 37.3 Å². The van der Waals surface area contributed by atoms with E-state index in [2.05, 4.69) is 27.7 Å². The third-order valence-corrected chi connectivity index (χ3v) is 5.07. The van der Waals surface area contributed by atoms with Crippen LogP contribution in [0.3, 0.4) is 0 Å². The van der Waals surface area contributed by atoms with E-state index in [9.17, 15) is 4.79 Å². The number of carbonyl (C=O) groups is 1. The van der Waals surface area contributed by atoms with Crippen LogP contribution in [-0.4, -0.2) is 11.1 Å². The molecular weight excluding hydrogens is 248 g/mol. The summed E-state index contributed by atoms with van der Waals surface area (Å²) < 4.78 is 0. The number of carboxylic acid groups (broad SMARTS) is 1. The minimum absolute atomic E-state index is 0.341. The molecule has 0 saturated carbocycles. The molecule has 0 amide bonds. The standard InChI is InChI=1S/C18H36O2/c1-5-9-10-11-12-13-18(7-3,8-4)15-16(6-2)14-17(19)20/h16H,5-15H2,1-4H3,(H,19,20). The maximum absolute atomic E-state index is 11.0. The van der Waals surface area contributed by atoms with Crippen molar-refractivity contribution in [2.75, 3.05) is 0 Å². The van der Waals surface area contributed by atoms with Gasteiger partial charge < -0.3 is 5.11 Å². The monoisotopic (exact) mass is 284 g/mol. The van der Waals surface area contributed by atoms with E-state index in [4.69, 9.17) is 5.11 Å². The van der Waals surface area contributed by atoms with Gasteiger partial charge in [0.2, 0.25) is 0 Å². The first-order valence-electron chi connectivity index (χ1n) is 8.75. The van der Waals surface area contributed by atoms with Gasteiger partial charge in [-0.2, -0.15) is 0 Å². The lowest BCUT2D eigenvalue weighted by Crippen LogP contribution is -2.24. The van der Waals surface area contributed by atoms with Gasteiger partial charge in [-0.25, -0.2) is 0 Å². The molecule has 0 aromatic rings. The summed E-state index contributed by atoms with van der Waals surface area (Å²) >= 11 is 0. The van der Waals surface area contributed by atoms with Crippen molar-refractivity contribution in [3.8, 4) is 0 Å². The lowest BCUT2D eigenvalue weighted by Gasteiger charge is -2.35. The number of hydrogen-bond donors (Lipinski definition) is 1. The molecule has 0 spiro atoms. The van der Waals surface area contributed by atoms with Crippen LogP contribution in [0.15, 0.2) is 0 Å². The van der Waals surface area contributed by atoms with Gasteiger partial charge in [0.25, 0.3) is 0 Å². The van der Waals surface area contributed by atoms with E-state index >= 15 is 0 Å². The third-order valence-electron chi connectivity index (χ3n) is 5.07. The maximum atomic E-state index is 11.0. The highest BCUT2D eigenvalue weighted by Crippen LogP contribution is 2.40. The SMILES string of the molecule is CCCCCCCC(CC)(CC)CC(CC)CC(=O)O. The predicted molar refractivity (Wildman–Crippen MR) is 87.0 cm³/mol. The van der Waals surface area contributed by atoms with Crippen molar-refractivity contribution in [2.24, 2.45) is 11.3 Å². The van der Waals surface area contributed by atoms with E-state index < -0.39 is 5.97 Å². The van der Waals surface area contributed by atoms with Crippen molar-refractivity contribution in [1.82, 2.24) is 0 Å². The molecule has 0 aromatic carbocycles. The summed E-state index contributed by atoms with van der Waals surface area (Å²) in [4.78, 5) is 11.0. The van der Waals surface area contributed by atoms with Gasteiger partial charge in [-0.3, -0.25) is 4.79 Å². The van der Waals surface area contributed by atoms with Crippen LogP contribution in [-0.2, 0) is 4.79 Å². The molecule has 0 heterocycles. The molecule has 0 bridgehead atoms. The number of hydrogen-bond acceptors (Lipinski definition) is 1. The van der Waals surface area contributed by atoms with Gasteiger partial charge in [0.15, 0.2) is 0 Å². The van der Waals surface area contributed by atoms with Gasteiger partial charge >= 0.3 is 5.97 Å². The zero-order valence-corrected chi connectivity index (χ0v) is 14.2. The molecule has 1 atom stereocenters. The average Bonchev–Trinajstić information content (AvgIpc) is 2.44. The second-order valence-electron chi connectivity index (χ2n) is 6.45. The molecule has 1 unspecified atom stereocenters. The first kappa shape index (κ1) is 19.5. The minimum atomic E-state index is -0.638. The van der Waals surface area contributed by atoms with Crippen LogP contribution in [0.1, 0.15) is 98.3 Å². The summed E-state index contributed by atoms with van der Waals surface area (Å²) in [6.45, 7) is 8.94. The molecule has 0 saturated heterocycles. The second-order valence-corrected chi connectivity index (χ2v) is 6.45. The Kier molecular flexibility index (Phi) is 10.9. The Balaban J connectivity index is 4.37. The Morgan fingerprint density at radius 2 is 1.60 bits per heavy atom. The zero-order valence-electron chi connectivity index (χ0n) is 14.2. The summed E-state index contributed by atoms with van der Waals surface area (Å²) in [6, 6.07) is 0. The Bertz CT molecular complexity index is 244. The van der Waals surface area contributed by atoms with Crippen LogP contribution in [0.4, 0.5) is 0 Å². The molecule has 0 fully saturated rings. The van der Waals surface area contributed by atoms with Crippen molar-refractivity contribution in [1.29, 1.82) is 0 Å². The minimum Gasteiger partial charge on any atom is -0.481 e. The fraction of sp³-hybridized carbons (Fsp3) is 0.944. The molecule has 1 N–H and O–H groups in total. The molecule has 0 rings (SSSR count). The molecule has 2 heteroatoms. The van der Waals surface area contributed by atoms with Crippen LogP contribution < -0.4 is 0 Å². The van der Waals surface area contributed by atoms with Gasteiger partial charge in [-0.15, -0.1) is 0 Å². The smallest absolute Gasteiger partial charge is 0.303 e. The van der Waals surface area contributed by atoms with Crippen LogP contribution >= 0.6 is 0 Å². The van der Waals surface area contributed by atoms with E-state index in [0.29, 0.717) is 17.8 Å². The average molecular weight is 284 g/mol. The van der Waals surface area contributed by atoms with Gasteiger partial charge in [0, 0.05) is 6.42 Å². The van der Waals surface area contributed by atoms with Gasteiger partial charge in [-0.05, 0) is 24.2 Å². The third kappa shape index (κ3) is 7.91. The van der Waals surface area contributed by atoms with Crippen molar-refractivity contribution in [2.45, 2.75) is 98.3 Å². The highest BCUT2D eigenvalue weighted by atomic mass is 16.4. The first-order chi connectivity index (χ1) is 9.53. The van der Waals surface area contributed by atoms with E-state index in [0.717, 1.165) is 12.8 Å². The predicted octanol–water partition coefficient (Wildman–Crippen LogP) is 6.04. The van der Waals surface area contributed by atoms with E-state index in [-0.39, 0.29) is 0 Å².